The van der Waals surface area contributed by atoms with E-state index in [1.54, 1.807) is 24.3 Å². The van der Waals surface area contributed by atoms with E-state index in [2.05, 4.69) is 0 Å². The molecule has 1 aliphatic rings. The summed E-state index contributed by atoms with van der Waals surface area (Å²) >= 11 is 0. The first kappa shape index (κ1) is 26.6. The minimum Gasteiger partial charge on any atom is -0.258 e. The number of non-ortho nitro benzene ring substituents is 2. The molecule has 5 rings (SSSR count). The van der Waals surface area contributed by atoms with Gasteiger partial charge in [0.2, 0.25) is 0 Å². The maximum atomic E-state index is 11.7. The number of fused-ring (bicyclic) bond motifs is 3. The second-order valence-corrected chi connectivity index (χ2v) is 7.54. The predicted octanol–water partition coefficient (Wildman–Crippen LogP) is 6.01. The molecule has 0 atom stereocenters. The summed E-state index contributed by atoms with van der Waals surface area (Å²) in [5.41, 5.74) is -2.13. The predicted molar refractivity (Wildman–Crippen MR) is 130 cm³/mol. The molecule has 12 nitrogen and oxygen atoms in total. The number of rotatable bonds is 5. The molecule has 4 aromatic rings. The van der Waals surface area contributed by atoms with E-state index >= 15 is 0 Å². The van der Waals surface area contributed by atoms with Gasteiger partial charge in [0.25, 0.3) is 22.7 Å². The number of hydrogen-bond acceptors (Lipinski definition) is 8. The summed E-state index contributed by atoms with van der Waals surface area (Å²) in [6.45, 7) is 0. The third-order valence-electron chi connectivity index (χ3n) is 5.40. The molecule has 0 amide bonds. The van der Waals surface area contributed by atoms with Crippen molar-refractivity contribution in [3.8, 4) is 11.1 Å². The summed E-state index contributed by atoms with van der Waals surface area (Å²) in [4.78, 5) is 42.8. The van der Waals surface area contributed by atoms with E-state index in [1.807, 2.05) is 30.3 Å². The van der Waals surface area contributed by atoms with Crippen molar-refractivity contribution in [3.63, 3.8) is 0 Å². The first-order chi connectivity index (χ1) is 17.2. The normalized spacial score (nSPS) is 10.8. The molecule has 0 saturated heterocycles. The van der Waals surface area contributed by atoms with Crippen LogP contribution in [-0.2, 0) is 17.1 Å². The number of hydrogen-bond donors (Lipinski definition) is 0. The van der Waals surface area contributed by atoms with Crippen LogP contribution in [0, 0.1) is 40.5 Å². The van der Waals surface area contributed by atoms with Gasteiger partial charge >= 0.3 is 0 Å². The first-order valence-electron chi connectivity index (χ1n) is 10.2. The average molecular weight is 542 g/mol. The van der Waals surface area contributed by atoms with E-state index in [-0.39, 0.29) is 44.9 Å². The van der Waals surface area contributed by atoms with E-state index in [4.69, 9.17) is 0 Å². The quantitative estimate of drug-likeness (QED) is 0.112. The molecule has 188 valence electrons. The fraction of sp³-hybridized carbons (Fsp3) is 0. The van der Waals surface area contributed by atoms with Gasteiger partial charge in [0.15, 0.2) is 0 Å². The van der Waals surface area contributed by atoms with E-state index < -0.39 is 42.4 Å². The molecule has 0 unspecified atom stereocenters. The van der Waals surface area contributed by atoms with Crippen LogP contribution in [0.15, 0.2) is 78.9 Å². The van der Waals surface area contributed by atoms with E-state index in [9.17, 15) is 40.5 Å². The van der Waals surface area contributed by atoms with E-state index in [1.165, 1.54) is 6.08 Å². The molecule has 0 saturated carbocycles. The van der Waals surface area contributed by atoms with E-state index in [0.717, 1.165) is 24.3 Å². The molecule has 4 aromatic carbocycles. The summed E-state index contributed by atoms with van der Waals surface area (Å²) in [5, 5.41) is 46.1. The number of benzene rings is 2. The van der Waals surface area contributed by atoms with Crippen molar-refractivity contribution in [1.29, 1.82) is 0 Å². The smallest absolute Gasteiger partial charge is 0.258 e. The maximum absolute atomic E-state index is 11.7. The van der Waals surface area contributed by atoms with Gasteiger partial charge in [-0.05, 0) is 11.1 Å². The molecule has 0 fully saturated rings. The van der Waals surface area contributed by atoms with Crippen molar-refractivity contribution in [2.24, 2.45) is 0 Å². The third-order valence-corrected chi connectivity index (χ3v) is 5.40. The monoisotopic (exact) mass is 542 g/mol. The molecule has 13 heteroatoms. The molecule has 37 heavy (non-hydrogen) atoms. The Labute approximate surface area is 218 Å². The number of nitro benzene ring substituents is 4. The fourth-order valence-corrected chi connectivity index (χ4v) is 3.95. The Morgan fingerprint density at radius 1 is 0.649 bits per heavy atom. The van der Waals surface area contributed by atoms with Crippen molar-refractivity contribution in [2.75, 3.05) is 0 Å². The Kier molecular flexibility index (Phi) is 7.71. The van der Waals surface area contributed by atoms with Gasteiger partial charge in [-0.1, -0.05) is 5.57 Å². The van der Waals surface area contributed by atoms with Gasteiger partial charge in [-0.25, -0.2) is 12.1 Å². The Morgan fingerprint density at radius 2 is 1.08 bits per heavy atom. The number of nitro groups is 4. The minimum absolute atomic E-state index is 0. The second-order valence-electron chi connectivity index (χ2n) is 7.54. The zero-order chi connectivity index (χ0) is 26.0. The summed E-state index contributed by atoms with van der Waals surface area (Å²) in [7, 11) is 0. The molecule has 0 spiro atoms. The van der Waals surface area contributed by atoms with Crippen molar-refractivity contribution in [2.45, 2.75) is 0 Å². The van der Waals surface area contributed by atoms with Crippen LogP contribution in [0.2, 0.25) is 0 Å². The SMILES string of the molecule is O=[N+]([O-])c1cc2c(c([N+](=O)[O-])c1)-c1c(cc([N+](=O)[O-])cc1[N+](=O)[O-])C2=C[c-]1cccc1.[Fe].c1cc[cH-]c1. The van der Waals surface area contributed by atoms with Crippen LogP contribution in [0.25, 0.3) is 22.8 Å². The molecule has 0 radical (unpaired) electrons. The maximum Gasteiger partial charge on any atom is 0.284 e. The standard InChI is InChI=1S/C19H9N4O8.C5H5.Fe/c24-20(25)11-6-14-13(5-10-3-1-2-4-10)15-7-12(21(26)27)9-17(23(30)31)19(15)18(14)16(8-11)22(28)29;1-2-4-5-3-1;/h1-9H;1-5H;/q2*-1;. The third kappa shape index (κ3) is 5.17. The Morgan fingerprint density at radius 3 is 1.41 bits per heavy atom. The van der Waals surface area contributed by atoms with Crippen LogP contribution >= 0.6 is 0 Å². The zero-order valence-electron chi connectivity index (χ0n) is 18.5. The number of nitrogens with zero attached hydrogens (tertiary/aromatic N) is 4. The van der Waals surface area contributed by atoms with Crippen LogP contribution in [0.5, 0.6) is 0 Å². The van der Waals surface area contributed by atoms with Gasteiger partial charge in [-0.3, -0.25) is 40.5 Å². The molecule has 0 bridgehead atoms. The molecule has 0 aliphatic heterocycles. The van der Waals surface area contributed by atoms with Crippen LogP contribution in [0.3, 0.4) is 0 Å². The van der Waals surface area contributed by atoms with E-state index in [0.29, 0.717) is 5.56 Å². The first-order valence-corrected chi connectivity index (χ1v) is 10.2. The molecular weight excluding hydrogens is 528 g/mol. The van der Waals surface area contributed by atoms with Gasteiger partial charge in [0.1, 0.15) is 0 Å². The van der Waals surface area contributed by atoms with Gasteiger partial charge in [0, 0.05) is 29.2 Å². The van der Waals surface area contributed by atoms with Crippen LogP contribution in [-0.4, -0.2) is 19.7 Å². The molecular formula is C24H14FeN4O8-2. The second kappa shape index (κ2) is 10.7. The van der Waals surface area contributed by atoms with Crippen LogP contribution < -0.4 is 0 Å². The summed E-state index contributed by atoms with van der Waals surface area (Å²) in [6.07, 6.45) is 1.52. The molecule has 0 aromatic heterocycles. The summed E-state index contributed by atoms with van der Waals surface area (Å²) in [5.74, 6) is 0. The van der Waals surface area contributed by atoms with Gasteiger partial charge in [0.05, 0.1) is 43.0 Å². The zero-order valence-corrected chi connectivity index (χ0v) is 19.6. The largest absolute Gasteiger partial charge is 0.284 e. The average Bonchev–Trinajstić information content (AvgIpc) is 3.61. The Hall–Kier alpha value is -5.00. The van der Waals surface area contributed by atoms with Gasteiger partial charge in [-0.2, -0.15) is 30.3 Å². The van der Waals surface area contributed by atoms with Crippen molar-refractivity contribution in [3.05, 3.63) is 136 Å². The van der Waals surface area contributed by atoms with Crippen LogP contribution in [0.1, 0.15) is 16.7 Å². The summed E-state index contributed by atoms with van der Waals surface area (Å²) in [6, 6.07) is 20.4. The van der Waals surface area contributed by atoms with Crippen LogP contribution in [0.4, 0.5) is 22.7 Å². The topological polar surface area (TPSA) is 173 Å². The van der Waals surface area contributed by atoms with Gasteiger partial charge in [-0.15, -0.1) is 23.8 Å². The molecule has 1 aliphatic carbocycles. The minimum atomic E-state index is -0.869. The Bertz CT molecular complexity index is 1440. The Balaban J connectivity index is 0.000000568. The van der Waals surface area contributed by atoms with Gasteiger partial charge < -0.3 is 0 Å². The summed E-state index contributed by atoms with van der Waals surface area (Å²) < 4.78 is 0. The van der Waals surface area contributed by atoms with Crippen molar-refractivity contribution >= 4 is 34.4 Å². The fourth-order valence-electron chi connectivity index (χ4n) is 3.95. The van der Waals surface area contributed by atoms with Crippen molar-refractivity contribution in [1.82, 2.24) is 0 Å². The molecule has 0 heterocycles. The molecule has 0 N–H and O–H groups in total. The van der Waals surface area contributed by atoms with Crippen molar-refractivity contribution < 1.29 is 36.8 Å².